The molecule has 0 aromatic heterocycles. The van der Waals surface area contributed by atoms with Crippen LogP contribution in [-0.2, 0) is 16.2 Å². The van der Waals surface area contributed by atoms with Crippen LogP contribution in [0.2, 0.25) is 0 Å². The van der Waals surface area contributed by atoms with Gasteiger partial charge >= 0.3 is 29.6 Å². The molecule has 0 aliphatic rings. The number of ketones is 1. The molecule has 0 atom stereocenters. The average Bonchev–Trinajstić information content (AvgIpc) is 1.65. The van der Waals surface area contributed by atoms with E-state index < -0.39 is 11.4 Å². The van der Waals surface area contributed by atoms with E-state index in [9.17, 15) is 4.79 Å². The van der Waals surface area contributed by atoms with Gasteiger partial charge in [-0.1, -0.05) is 6.92 Å². The summed E-state index contributed by atoms with van der Waals surface area (Å²) in [6, 6.07) is 0. The fourth-order valence-electron chi connectivity index (χ4n) is 0. The third kappa shape index (κ3) is 69.7. The summed E-state index contributed by atoms with van der Waals surface area (Å²) in [5, 5.41) is 0. The molecule has 0 unspecified atom stereocenters. The van der Waals surface area contributed by atoms with E-state index in [2.05, 4.69) is 0 Å². The van der Waals surface area contributed by atoms with E-state index in [1.165, 1.54) is 0 Å². The Bertz CT molecular complexity index is 106. The Morgan fingerprint density at radius 2 is 1.70 bits per heavy atom. The van der Waals surface area contributed by atoms with E-state index in [4.69, 9.17) is 13.3 Å². The maximum Gasteiger partial charge on any atom is 1.00 e. The minimum atomic E-state index is -2.61. The van der Waals surface area contributed by atoms with Gasteiger partial charge in [-0.15, -0.1) is 0 Å². The van der Waals surface area contributed by atoms with Gasteiger partial charge in [-0.05, 0) is 6.92 Å². The summed E-state index contributed by atoms with van der Waals surface area (Å²) in [6.45, 7) is 3.43. The fourth-order valence-corrected chi connectivity index (χ4v) is 0. The van der Waals surface area contributed by atoms with Gasteiger partial charge < -0.3 is 6.22 Å². The van der Waals surface area contributed by atoms with E-state index in [1.54, 1.807) is 6.92 Å². The molecule has 0 amide bonds. The molecule has 0 saturated heterocycles. The first kappa shape index (κ1) is 17.0. The van der Waals surface area contributed by atoms with Crippen LogP contribution in [0.3, 0.4) is 0 Å². The normalized spacial score (nSPS) is 7.30. The third-order valence-corrected chi connectivity index (χ3v) is 0.498. The van der Waals surface area contributed by atoms with Crippen molar-refractivity contribution >= 4 is 17.1 Å². The van der Waals surface area contributed by atoms with Crippen LogP contribution in [0.25, 0.3) is 0 Å². The molecular weight excluding hydrogens is 167 g/mol. The van der Waals surface area contributed by atoms with Crippen LogP contribution in [0.4, 0.5) is 0 Å². The topological polar surface area (TPSA) is 74.6 Å². The van der Waals surface area contributed by atoms with Crippen LogP contribution in [0.1, 0.15) is 21.7 Å². The molecular formula is C4H11NaO4S. The van der Waals surface area contributed by atoms with Crippen LogP contribution in [0.5, 0.6) is 0 Å². The Balaban J connectivity index is -0.0000000383. The van der Waals surface area contributed by atoms with E-state index in [0.29, 0.717) is 6.42 Å². The van der Waals surface area contributed by atoms with E-state index in [0.717, 1.165) is 0 Å². The first-order valence-electron chi connectivity index (χ1n) is 2.30. The minimum absolute atomic E-state index is 0. The maximum absolute atomic E-state index is 9.81. The summed E-state index contributed by atoms with van der Waals surface area (Å²) in [7, 11) is 0. The van der Waals surface area contributed by atoms with Gasteiger partial charge in [0.25, 0.3) is 11.4 Å². The zero-order chi connectivity index (χ0) is 7.86. The van der Waals surface area contributed by atoms with Crippen molar-refractivity contribution in [3.63, 3.8) is 0 Å². The molecule has 0 radical (unpaired) electrons. The van der Waals surface area contributed by atoms with E-state index >= 15 is 0 Å². The summed E-state index contributed by atoms with van der Waals surface area (Å²) in [6.07, 6.45) is 0.667. The molecule has 10 heavy (non-hydrogen) atoms. The first-order valence-corrected chi connectivity index (χ1v) is 3.36. The van der Waals surface area contributed by atoms with Crippen molar-refractivity contribution in [1.82, 2.24) is 0 Å². The van der Waals surface area contributed by atoms with Gasteiger partial charge in [0.2, 0.25) is 0 Å². The van der Waals surface area contributed by atoms with Crippen LogP contribution in [0.15, 0.2) is 0 Å². The molecule has 6 heteroatoms. The molecule has 0 saturated carbocycles. The second kappa shape index (κ2) is 12.4. The summed E-state index contributed by atoms with van der Waals surface area (Å²) in [4.78, 5) is 9.81. The largest absolute Gasteiger partial charge is 1.00 e. The van der Waals surface area contributed by atoms with Crippen LogP contribution in [0, 0.1) is 0 Å². The average molecular weight is 178 g/mol. The Hall–Kier alpha value is 0.740. The Morgan fingerprint density at radius 3 is 1.70 bits per heavy atom. The van der Waals surface area contributed by atoms with Crippen molar-refractivity contribution in [1.29, 1.82) is 0 Å². The van der Waals surface area contributed by atoms with Crippen molar-refractivity contribution in [3.8, 4) is 0 Å². The van der Waals surface area contributed by atoms with Gasteiger partial charge in [0, 0.05) is 6.42 Å². The monoisotopic (exact) mass is 178 g/mol. The molecule has 0 aliphatic carbocycles. The Labute approximate surface area is 86.3 Å². The molecule has 0 fully saturated rings. The van der Waals surface area contributed by atoms with Gasteiger partial charge in [-0.3, -0.25) is 9.11 Å². The zero-order valence-electron chi connectivity index (χ0n) is 7.33. The Kier molecular flexibility index (Phi) is 21.1. The second-order valence-corrected chi connectivity index (χ2v) is 1.75. The summed E-state index contributed by atoms with van der Waals surface area (Å²) in [5.74, 6) is 0.255. The zero-order valence-corrected chi connectivity index (χ0v) is 9.14. The van der Waals surface area contributed by atoms with Gasteiger partial charge in [0.1, 0.15) is 5.78 Å². The summed E-state index contributed by atoms with van der Waals surface area (Å²) >= 11 is -2.61. The predicted molar refractivity (Wildman–Crippen MR) is 35.5 cm³/mol. The fraction of sp³-hybridized carbons (Fsp3) is 0.750. The van der Waals surface area contributed by atoms with Crippen molar-refractivity contribution in [2.24, 2.45) is 0 Å². The standard InChI is InChI=1S/C4H8O.Na.H2O3S.H/c1-3-4(2)5;;1-4(2)3;/h3H2,1-2H3;;(H2,1,2,3);/q;+1;;-1. The SMILES string of the molecule is CCC(C)=O.O=S(O)O.[H-].[Na+]. The molecule has 0 aromatic carbocycles. The molecule has 0 rings (SSSR count). The van der Waals surface area contributed by atoms with Crippen molar-refractivity contribution in [2.75, 3.05) is 0 Å². The number of carbonyl (C=O) groups excluding carboxylic acids is 1. The molecule has 4 nitrogen and oxygen atoms in total. The molecule has 0 spiro atoms. The van der Waals surface area contributed by atoms with Crippen LogP contribution in [-0.4, -0.2) is 19.1 Å². The number of hydrogen-bond donors (Lipinski definition) is 2. The second-order valence-electron chi connectivity index (χ2n) is 1.29. The van der Waals surface area contributed by atoms with Crippen LogP contribution < -0.4 is 29.6 Å². The predicted octanol–water partition coefficient (Wildman–Crippen LogP) is -2.22. The molecule has 0 heterocycles. The van der Waals surface area contributed by atoms with Gasteiger partial charge in [0.05, 0.1) is 0 Å². The number of hydrogen-bond acceptors (Lipinski definition) is 2. The minimum Gasteiger partial charge on any atom is -1.00 e. The van der Waals surface area contributed by atoms with E-state index in [-0.39, 0.29) is 36.8 Å². The van der Waals surface area contributed by atoms with Crippen molar-refractivity contribution in [2.45, 2.75) is 20.3 Å². The molecule has 0 bridgehead atoms. The summed E-state index contributed by atoms with van der Waals surface area (Å²) in [5.41, 5.74) is 0. The summed E-state index contributed by atoms with van der Waals surface area (Å²) < 4.78 is 22.8. The molecule has 0 aromatic rings. The number of rotatable bonds is 1. The van der Waals surface area contributed by atoms with Gasteiger partial charge in [0.15, 0.2) is 0 Å². The smallest absolute Gasteiger partial charge is 1.00 e. The first-order chi connectivity index (χ1) is 4.00. The number of Topliss-reactive ketones (excluding diaryl/α,β-unsaturated/α-hetero) is 1. The maximum atomic E-state index is 9.81. The van der Waals surface area contributed by atoms with Gasteiger partial charge in [-0.25, -0.2) is 0 Å². The van der Waals surface area contributed by atoms with Crippen LogP contribution >= 0.6 is 0 Å². The van der Waals surface area contributed by atoms with Crippen molar-refractivity contribution in [3.05, 3.63) is 0 Å². The number of carbonyl (C=O) groups is 1. The van der Waals surface area contributed by atoms with Gasteiger partial charge in [-0.2, -0.15) is 4.21 Å². The van der Waals surface area contributed by atoms with E-state index in [1.807, 2.05) is 6.92 Å². The molecule has 0 aliphatic heterocycles. The third-order valence-electron chi connectivity index (χ3n) is 0.498. The molecule has 58 valence electrons. The molecule has 2 N–H and O–H groups in total. The Morgan fingerprint density at radius 1 is 1.60 bits per heavy atom. The van der Waals surface area contributed by atoms with Crippen molar-refractivity contribution < 1.29 is 49.1 Å². The quantitative estimate of drug-likeness (QED) is 0.352.